The van der Waals surface area contributed by atoms with Crippen LogP contribution in [0.15, 0.2) is 11.6 Å². The average molecular weight is 292 g/mol. The molecule has 0 aliphatic heterocycles. The molecule has 0 amide bonds. The minimum atomic E-state index is -1.10. The van der Waals surface area contributed by atoms with Gasteiger partial charge in [-0.1, -0.05) is 25.5 Å². The first-order valence-corrected chi connectivity index (χ1v) is 7.53. The Morgan fingerprint density at radius 2 is 1.86 bits per heavy atom. The molecule has 3 nitrogen and oxygen atoms in total. The number of halogens is 1. The van der Waals surface area contributed by atoms with Crippen molar-refractivity contribution in [3.05, 3.63) is 28.2 Å². The predicted molar refractivity (Wildman–Crippen MR) is 83.6 cm³/mol. The Hall–Kier alpha value is -1.42. The van der Waals surface area contributed by atoms with Crippen molar-refractivity contribution in [3.8, 4) is 0 Å². The van der Waals surface area contributed by atoms with E-state index in [1.165, 1.54) is 0 Å². The van der Waals surface area contributed by atoms with Gasteiger partial charge < -0.3 is 9.67 Å². The van der Waals surface area contributed by atoms with Crippen molar-refractivity contribution in [2.45, 2.75) is 59.6 Å². The number of allylic oxidation sites excluding steroid dienone is 2. The zero-order chi connectivity index (χ0) is 15.9. The van der Waals surface area contributed by atoms with Gasteiger partial charge in [-0.15, -0.1) is 0 Å². The second kappa shape index (κ2) is 5.41. The Labute approximate surface area is 125 Å². The Kier molecular flexibility index (Phi) is 4.11. The SMILES string of the molecule is CC(C)C1=CC=c2c(nc(C(C)(C)O)n2C(C)C)=C(F)C1. The van der Waals surface area contributed by atoms with E-state index in [0.29, 0.717) is 23.5 Å². The van der Waals surface area contributed by atoms with E-state index in [9.17, 15) is 9.50 Å². The van der Waals surface area contributed by atoms with Crippen LogP contribution in [-0.2, 0) is 5.60 Å². The van der Waals surface area contributed by atoms with E-state index in [1.54, 1.807) is 13.8 Å². The number of fused-ring (bicyclic) bond motifs is 1. The van der Waals surface area contributed by atoms with Crippen LogP contribution in [0, 0.1) is 5.92 Å². The summed E-state index contributed by atoms with van der Waals surface area (Å²) >= 11 is 0. The molecule has 0 atom stereocenters. The maximum absolute atomic E-state index is 14.6. The molecule has 1 aromatic heterocycles. The first kappa shape index (κ1) is 16.0. The average Bonchev–Trinajstić information content (AvgIpc) is 2.65. The van der Waals surface area contributed by atoms with E-state index in [2.05, 4.69) is 18.8 Å². The van der Waals surface area contributed by atoms with Crippen molar-refractivity contribution >= 4 is 11.9 Å². The summed E-state index contributed by atoms with van der Waals surface area (Å²) in [4.78, 5) is 4.41. The molecule has 1 N–H and O–H groups in total. The molecule has 0 saturated heterocycles. The smallest absolute Gasteiger partial charge is 0.141 e. The summed E-state index contributed by atoms with van der Waals surface area (Å²) in [5, 5.41) is 11.4. The van der Waals surface area contributed by atoms with Crippen LogP contribution in [0.1, 0.15) is 59.8 Å². The van der Waals surface area contributed by atoms with Crippen molar-refractivity contribution in [2.24, 2.45) is 5.92 Å². The highest BCUT2D eigenvalue weighted by atomic mass is 19.1. The highest BCUT2D eigenvalue weighted by Gasteiger charge is 2.26. The molecular formula is C17H25FN2O. The summed E-state index contributed by atoms with van der Waals surface area (Å²) in [5.41, 5.74) is -0.0413. The number of imidazole rings is 1. The second-order valence-corrected chi connectivity index (χ2v) is 6.84. The van der Waals surface area contributed by atoms with Gasteiger partial charge in [0.05, 0.1) is 5.35 Å². The van der Waals surface area contributed by atoms with Crippen molar-refractivity contribution in [2.75, 3.05) is 0 Å². The van der Waals surface area contributed by atoms with Gasteiger partial charge in [-0.3, -0.25) is 0 Å². The molecule has 0 fully saturated rings. The molecule has 0 spiro atoms. The van der Waals surface area contributed by atoms with Crippen molar-refractivity contribution in [1.29, 1.82) is 0 Å². The van der Waals surface area contributed by atoms with Crippen LogP contribution in [0.5, 0.6) is 0 Å². The Bertz CT molecular complexity index is 688. The first-order valence-electron chi connectivity index (χ1n) is 7.53. The molecule has 0 radical (unpaired) electrons. The number of hydrogen-bond acceptors (Lipinski definition) is 2. The van der Waals surface area contributed by atoms with E-state index >= 15 is 0 Å². The van der Waals surface area contributed by atoms with Gasteiger partial charge in [0.1, 0.15) is 22.6 Å². The number of nitrogens with zero attached hydrogens (tertiary/aromatic N) is 2. The van der Waals surface area contributed by atoms with Gasteiger partial charge in [-0.2, -0.15) is 0 Å². The fourth-order valence-corrected chi connectivity index (χ4v) is 2.66. The van der Waals surface area contributed by atoms with Crippen LogP contribution in [-0.4, -0.2) is 14.7 Å². The molecular weight excluding hydrogens is 267 g/mol. The molecule has 0 aromatic carbocycles. The lowest BCUT2D eigenvalue weighted by Crippen LogP contribution is -2.33. The molecule has 0 unspecified atom stereocenters. The van der Waals surface area contributed by atoms with Crippen LogP contribution in [0.25, 0.3) is 11.9 Å². The Morgan fingerprint density at radius 3 is 2.33 bits per heavy atom. The van der Waals surface area contributed by atoms with E-state index < -0.39 is 5.60 Å². The van der Waals surface area contributed by atoms with E-state index in [4.69, 9.17) is 0 Å². The third kappa shape index (κ3) is 2.95. The van der Waals surface area contributed by atoms with Crippen molar-refractivity contribution in [3.63, 3.8) is 0 Å². The lowest BCUT2D eigenvalue weighted by Gasteiger charge is -2.21. The molecule has 1 heterocycles. The summed E-state index contributed by atoms with van der Waals surface area (Å²) in [5.74, 6) is 0.594. The third-order valence-corrected chi connectivity index (χ3v) is 3.82. The largest absolute Gasteiger partial charge is 0.383 e. The number of hydrogen-bond donors (Lipinski definition) is 1. The fourth-order valence-electron chi connectivity index (χ4n) is 2.66. The van der Waals surface area contributed by atoms with Crippen molar-refractivity contribution in [1.82, 2.24) is 9.55 Å². The summed E-state index contributed by atoms with van der Waals surface area (Å²) < 4.78 is 16.5. The number of aliphatic hydroxyl groups is 1. The molecule has 2 rings (SSSR count). The lowest BCUT2D eigenvalue weighted by molar-refractivity contribution is 0.0632. The van der Waals surface area contributed by atoms with Gasteiger partial charge in [0.2, 0.25) is 0 Å². The normalized spacial score (nSPS) is 15.9. The highest BCUT2D eigenvalue weighted by molar-refractivity contribution is 5.50. The molecule has 1 aliphatic rings. The molecule has 4 heteroatoms. The van der Waals surface area contributed by atoms with Crippen LogP contribution >= 0.6 is 0 Å². The highest BCUT2D eigenvalue weighted by Crippen LogP contribution is 2.23. The molecule has 1 aliphatic carbocycles. The quantitative estimate of drug-likeness (QED) is 0.929. The minimum Gasteiger partial charge on any atom is -0.383 e. The topological polar surface area (TPSA) is 38.1 Å². The van der Waals surface area contributed by atoms with Gasteiger partial charge in [0.15, 0.2) is 0 Å². The van der Waals surface area contributed by atoms with Gasteiger partial charge in [0, 0.05) is 12.5 Å². The Morgan fingerprint density at radius 1 is 1.24 bits per heavy atom. The molecule has 1 aromatic rings. The first-order chi connectivity index (χ1) is 9.62. The number of rotatable bonds is 3. The summed E-state index contributed by atoms with van der Waals surface area (Å²) in [6.45, 7) is 11.5. The number of aromatic nitrogens is 2. The van der Waals surface area contributed by atoms with Gasteiger partial charge in [0.25, 0.3) is 0 Å². The van der Waals surface area contributed by atoms with Crippen molar-refractivity contribution < 1.29 is 9.50 Å². The van der Waals surface area contributed by atoms with Gasteiger partial charge in [-0.25, -0.2) is 9.37 Å². The summed E-state index contributed by atoms with van der Waals surface area (Å²) in [6, 6.07) is 0.0979. The van der Waals surface area contributed by atoms with Crippen LogP contribution in [0.2, 0.25) is 0 Å². The molecule has 21 heavy (non-hydrogen) atoms. The van der Waals surface area contributed by atoms with Crippen LogP contribution in [0.3, 0.4) is 0 Å². The maximum Gasteiger partial charge on any atom is 0.141 e. The van der Waals surface area contributed by atoms with E-state index in [1.807, 2.05) is 30.6 Å². The molecule has 0 bridgehead atoms. The zero-order valence-electron chi connectivity index (χ0n) is 13.7. The zero-order valence-corrected chi connectivity index (χ0v) is 13.7. The predicted octanol–water partition coefficient (Wildman–Crippen LogP) is 2.54. The second-order valence-electron chi connectivity index (χ2n) is 6.84. The van der Waals surface area contributed by atoms with Crippen LogP contribution in [0.4, 0.5) is 4.39 Å². The fraction of sp³-hybridized carbons (Fsp3) is 0.588. The Balaban J connectivity index is 2.82. The standard InChI is InChI=1S/C17H25FN2O/c1-10(2)12-7-8-14-15(13(18)9-12)19-16(17(5,6)21)20(14)11(3)4/h7-8,10-11,21H,9H2,1-6H3. The molecule has 116 valence electrons. The van der Waals surface area contributed by atoms with Gasteiger partial charge >= 0.3 is 0 Å². The van der Waals surface area contributed by atoms with Crippen LogP contribution < -0.4 is 10.7 Å². The summed E-state index contributed by atoms with van der Waals surface area (Å²) in [6.07, 6.45) is 4.21. The van der Waals surface area contributed by atoms with E-state index in [-0.39, 0.29) is 11.9 Å². The molecule has 0 saturated carbocycles. The minimum absolute atomic E-state index is 0.0979. The third-order valence-electron chi connectivity index (χ3n) is 3.82. The monoisotopic (exact) mass is 292 g/mol. The van der Waals surface area contributed by atoms with E-state index in [0.717, 1.165) is 10.9 Å². The lowest BCUT2D eigenvalue weighted by atomic mass is 9.99. The summed E-state index contributed by atoms with van der Waals surface area (Å²) in [7, 11) is 0. The van der Waals surface area contributed by atoms with Gasteiger partial charge in [-0.05, 0) is 39.7 Å². The maximum atomic E-state index is 14.6.